The van der Waals surface area contributed by atoms with Crippen LogP contribution in [0.1, 0.15) is 52.4 Å². The van der Waals surface area contributed by atoms with Crippen LogP contribution in [0, 0.1) is 11.8 Å². The number of hydrogen-bond donors (Lipinski definition) is 1. The second kappa shape index (κ2) is 5.05. The molecule has 2 saturated carbocycles. The Bertz CT molecular complexity index is 225. The van der Waals surface area contributed by atoms with E-state index in [1.54, 1.807) is 0 Å². The molecule has 2 aliphatic carbocycles. The zero-order valence-corrected chi connectivity index (χ0v) is 11.0. The van der Waals surface area contributed by atoms with Gasteiger partial charge >= 0.3 is 0 Å². The van der Waals surface area contributed by atoms with Crippen molar-refractivity contribution >= 4 is 0 Å². The van der Waals surface area contributed by atoms with E-state index >= 15 is 0 Å². The molecule has 2 aliphatic rings. The van der Waals surface area contributed by atoms with Gasteiger partial charge in [0.15, 0.2) is 0 Å². The van der Waals surface area contributed by atoms with Gasteiger partial charge in [0.25, 0.3) is 0 Å². The van der Waals surface area contributed by atoms with Gasteiger partial charge in [-0.25, -0.2) is 0 Å². The molecule has 2 unspecified atom stereocenters. The summed E-state index contributed by atoms with van der Waals surface area (Å²) in [4.78, 5) is 2.72. The molecule has 0 saturated heterocycles. The van der Waals surface area contributed by atoms with Crippen molar-refractivity contribution in [3.05, 3.63) is 0 Å². The van der Waals surface area contributed by atoms with Crippen LogP contribution in [0.3, 0.4) is 0 Å². The van der Waals surface area contributed by atoms with Crippen LogP contribution in [0.15, 0.2) is 0 Å². The zero-order chi connectivity index (χ0) is 11.6. The first kappa shape index (κ1) is 12.4. The third-order valence-corrected chi connectivity index (χ3v) is 5.23. The average molecular weight is 224 g/mol. The molecule has 2 N–H and O–H groups in total. The van der Waals surface area contributed by atoms with Gasteiger partial charge in [-0.1, -0.05) is 26.7 Å². The van der Waals surface area contributed by atoms with Gasteiger partial charge < -0.3 is 5.73 Å². The number of rotatable bonds is 5. The minimum atomic E-state index is 0.338. The van der Waals surface area contributed by atoms with Gasteiger partial charge in [-0.2, -0.15) is 0 Å². The first-order chi connectivity index (χ1) is 7.73. The zero-order valence-electron chi connectivity index (χ0n) is 11.0. The van der Waals surface area contributed by atoms with Gasteiger partial charge in [-0.15, -0.1) is 0 Å². The maximum absolute atomic E-state index is 6.13. The van der Waals surface area contributed by atoms with Crippen molar-refractivity contribution in [3.63, 3.8) is 0 Å². The molecule has 0 aromatic rings. The molecule has 0 aliphatic heterocycles. The Balaban J connectivity index is 2.03. The minimum absolute atomic E-state index is 0.338. The second-order valence-corrected chi connectivity index (χ2v) is 5.94. The van der Waals surface area contributed by atoms with Crippen LogP contribution in [-0.4, -0.2) is 30.1 Å². The summed E-state index contributed by atoms with van der Waals surface area (Å²) in [5, 5.41) is 0. The summed E-state index contributed by atoms with van der Waals surface area (Å²) in [6.45, 7) is 8.05. The average Bonchev–Trinajstić information content (AvgIpc) is 2.60. The monoisotopic (exact) mass is 224 g/mol. The molecule has 0 aromatic heterocycles. The van der Waals surface area contributed by atoms with Crippen molar-refractivity contribution in [3.8, 4) is 0 Å². The Kier molecular flexibility index (Phi) is 3.91. The molecule has 2 atom stereocenters. The number of hydrogen-bond acceptors (Lipinski definition) is 2. The first-order valence-corrected chi connectivity index (χ1v) is 7.18. The topological polar surface area (TPSA) is 29.3 Å². The van der Waals surface area contributed by atoms with E-state index in [1.807, 2.05) is 0 Å². The fourth-order valence-electron chi connectivity index (χ4n) is 3.74. The summed E-state index contributed by atoms with van der Waals surface area (Å²) in [6.07, 6.45) is 8.42. The Hall–Kier alpha value is -0.0800. The Morgan fingerprint density at radius 1 is 1.25 bits per heavy atom. The standard InChI is InChI=1S/C14H28N2/c1-3-16(10-13-7-4-8-13)14(11-15)9-5-6-12(14)2/h12-13H,3-11,15H2,1-2H3. The molecular formula is C14H28N2. The van der Waals surface area contributed by atoms with E-state index in [4.69, 9.17) is 5.73 Å². The lowest BCUT2D eigenvalue weighted by atomic mass is 9.81. The highest BCUT2D eigenvalue weighted by molar-refractivity contribution is 5.00. The van der Waals surface area contributed by atoms with Crippen LogP contribution in [0.25, 0.3) is 0 Å². The number of likely N-dealkylation sites (N-methyl/N-ethyl adjacent to an activating group) is 1. The van der Waals surface area contributed by atoms with E-state index in [2.05, 4.69) is 18.7 Å². The quantitative estimate of drug-likeness (QED) is 0.778. The third-order valence-electron chi connectivity index (χ3n) is 5.23. The Morgan fingerprint density at radius 3 is 2.38 bits per heavy atom. The third kappa shape index (κ3) is 2.02. The van der Waals surface area contributed by atoms with Crippen molar-refractivity contribution in [2.45, 2.75) is 57.9 Å². The molecule has 0 aromatic carbocycles. The molecule has 2 rings (SSSR count). The van der Waals surface area contributed by atoms with Crippen molar-refractivity contribution in [2.24, 2.45) is 17.6 Å². The highest BCUT2D eigenvalue weighted by atomic mass is 15.2. The van der Waals surface area contributed by atoms with Gasteiger partial charge in [-0.3, -0.25) is 4.90 Å². The smallest absolute Gasteiger partial charge is 0.0357 e. The summed E-state index contributed by atoms with van der Waals surface area (Å²) in [7, 11) is 0. The lowest BCUT2D eigenvalue weighted by Gasteiger charge is -2.46. The largest absolute Gasteiger partial charge is 0.329 e. The van der Waals surface area contributed by atoms with E-state index in [-0.39, 0.29) is 0 Å². The van der Waals surface area contributed by atoms with Crippen LogP contribution in [0.5, 0.6) is 0 Å². The van der Waals surface area contributed by atoms with Crippen molar-refractivity contribution in [2.75, 3.05) is 19.6 Å². The lowest BCUT2D eigenvalue weighted by molar-refractivity contribution is 0.0394. The summed E-state index contributed by atoms with van der Waals surface area (Å²) in [6, 6.07) is 0. The summed E-state index contributed by atoms with van der Waals surface area (Å²) in [5.41, 5.74) is 6.47. The summed E-state index contributed by atoms with van der Waals surface area (Å²) < 4.78 is 0. The van der Waals surface area contributed by atoms with Crippen molar-refractivity contribution in [1.29, 1.82) is 0 Å². The second-order valence-electron chi connectivity index (χ2n) is 5.94. The molecule has 0 amide bonds. The van der Waals surface area contributed by atoms with Crippen LogP contribution < -0.4 is 5.73 Å². The first-order valence-electron chi connectivity index (χ1n) is 7.18. The van der Waals surface area contributed by atoms with Crippen molar-refractivity contribution < 1.29 is 0 Å². The Morgan fingerprint density at radius 2 is 2.00 bits per heavy atom. The lowest BCUT2D eigenvalue weighted by Crippen LogP contribution is -2.57. The normalized spacial score (nSPS) is 35.6. The highest BCUT2D eigenvalue weighted by Crippen LogP contribution is 2.41. The fraction of sp³-hybridized carbons (Fsp3) is 1.00. The van der Waals surface area contributed by atoms with Crippen molar-refractivity contribution in [1.82, 2.24) is 4.90 Å². The Labute approximate surface area is 101 Å². The van der Waals surface area contributed by atoms with Crippen LogP contribution >= 0.6 is 0 Å². The predicted octanol–water partition coefficient (Wildman–Crippen LogP) is 2.63. The predicted molar refractivity (Wildman–Crippen MR) is 69.4 cm³/mol. The molecule has 2 heteroatoms. The minimum Gasteiger partial charge on any atom is -0.329 e. The maximum atomic E-state index is 6.13. The van der Waals surface area contributed by atoms with Gasteiger partial charge in [-0.05, 0) is 44.1 Å². The molecular weight excluding hydrogens is 196 g/mol. The summed E-state index contributed by atoms with van der Waals surface area (Å²) in [5.74, 6) is 1.76. The van der Waals surface area contributed by atoms with E-state index in [9.17, 15) is 0 Å². The van der Waals surface area contributed by atoms with Gasteiger partial charge in [0.05, 0.1) is 0 Å². The van der Waals surface area contributed by atoms with Crippen LogP contribution in [0.2, 0.25) is 0 Å². The van der Waals surface area contributed by atoms with Crippen LogP contribution in [0.4, 0.5) is 0 Å². The molecule has 2 fully saturated rings. The van der Waals surface area contributed by atoms with Gasteiger partial charge in [0, 0.05) is 18.6 Å². The molecule has 16 heavy (non-hydrogen) atoms. The van der Waals surface area contributed by atoms with E-state index < -0.39 is 0 Å². The molecule has 0 bridgehead atoms. The van der Waals surface area contributed by atoms with Gasteiger partial charge in [0.1, 0.15) is 0 Å². The molecule has 94 valence electrons. The molecule has 0 heterocycles. The number of nitrogens with zero attached hydrogens (tertiary/aromatic N) is 1. The molecule has 0 radical (unpaired) electrons. The summed E-state index contributed by atoms with van der Waals surface area (Å²) >= 11 is 0. The van der Waals surface area contributed by atoms with Crippen LogP contribution in [-0.2, 0) is 0 Å². The molecule has 0 spiro atoms. The van der Waals surface area contributed by atoms with Gasteiger partial charge in [0.2, 0.25) is 0 Å². The highest BCUT2D eigenvalue weighted by Gasteiger charge is 2.44. The maximum Gasteiger partial charge on any atom is 0.0357 e. The van der Waals surface area contributed by atoms with E-state index in [0.717, 1.165) is 18.4 Å². The number of nitrogens with two attached hydrogens (primary N) is 1. The molecule has 2 nitrogen and oxygen atoms in total. The van der Waals surface area contributed by atoms with E-state index in [0.29, 0.717) is 5.54 Å². The van der Waals surface area contributed by atoms with E-state index in [1.165, 1.54) is 51.6 Å². The fourth-order valence-corrected chi connectivity index (χ4v) is 3.74. The SMILES string of the molecule is CCN(CC1CCC1)C1(CN)CCCC1C.